The number of hydrogen-bond donors (Lipinski definition) is 0. The lowest BCUT2D eigenvalue weighted by molar-refractivity contribution is 0.567. The highest BCUT2D eigenvalue weighted by Gasteiger charge is 2.26. The van der Waals surface area contributed by atoms with Crippen LogP contribution in [0.5, 0.6) is 0 Å². The molecule has 2 aromatic carbocycles. The topological polar surface area (TPSA) is 61.8 Å². The highest BCUT2D eigenvalue weighted by atomic mass is 19.1. The summed E-state index contributed by atoms with van der Waals surface area (Å²) in [7, 11) is 0. The minimum atomic E-state index is -0.438. The molecule has 0 aliphatic heterocycles. The van der Waals surface area contributed by atoms with Crippen molar-refractivity contribution in [2.45, 2.75) is 32.9 Å². The maximum atomic E-state index is 13.5. The summed E-state index contributed by atoms with van der Waals surface area (Å²) in [5.41, 5.74) is 2.57. The number of rotatable bonds is 5. The molecule has 0 amide bonds. The first kappa shape index (κ1) is 18.5. The van der Waals surface area contributed by atoms with Crippen LogP contribution in [0.15, 0.2) is 64.4 Å². The van der Waals surface area contributed by atoms with Gasteiger partial charge in [-0.1, -0.05) is 29.8 Å². The molecule has 7 heteroatoms. The molecule has 4 aromatic rings. The molecule has 0 radical (unpaired) electrons. The second kappa shape index (κ2) is 7.09. The zero-order valence-electron chi connectivity index (χ0n) is 16.6. The van der Waals surface area contributed by atoms with Crippen molar-refractivity contribution >= 4 is 11.2 Å². The Bertz CT molecular complexity index is 1340. The molecular weight excluding hydrogens is 383 g/mol. The Morgan fingerprint density at radius 3 is 2.40 bits per heavy atom. The largest absolute Gasteiger partial charge is 0.337 e. The van der Waals surface area contributed by atoms with Crippen LogP contribution in [0.1, 0.15) is 24.0 Å². The Morgan fingerprint density at radius 2 is 1.73 bits per heavy atom. The van der Waals surface area contributed by atoms with E-state index in [-0.39, 0.29) is 17.0 Å². The van der Waals surface area contributed by atoms with Crippen LogP contribution in [0.2, 0.25) is 0 Å². The molecule has 6 nitrogen and oxygen atoms in total. The summed E-state index contributed by atoms with van der Waals surface area (Å²) >= 11 is 0. The fourth-order valence-corrected chi connectivity index (χ4v) is 3.73. The predicted octanol–water partition coefficient (Wildman–Crippen LogP) is 3.25. The minimum Gasteiger partial charge on any atom is -0.320 e. The van der Waals surface area contributed by atoms with E-state index in [0.29, 0.717) is 30.2 Å². The molecule has 1 fully saturated rings. The van der Waals surface area contributed by atoms with Gasteiger partial charge >= 0.3 is 5.69 Å². The molecule has 2 heterocycles. The van der Waals surface area contributed by atoms with E-state index in [4.69, 9.17) is 0 Å². The molecule has 0 unspecified atom stereocenters. The summed E-state index contributed by atoms with van der Waals surface area (Å²) < 4.78 is 17.9. The van der Waals surface area contributed by atoms with E-state index in [2.05, 4.69) is 4.98 Å². The molecule has 1 saturated carbocycles. The summed E-state index contributed by atoms with van der Waals surface area (Å²) in [6.45, 7) is 2.88. The van der Waals surface area contributed by atoms with Gasteiger partial charge < -0.3 is 4.57 Å². The number of hydrogen-bond acceptors (Lipinski definition) is 3. The number of imidazole rings is 1. The lowest BCUT2D eigenvalue weighted by atomic mass is 10.1. The van der Waals surface area contributed by atoms with Crippen LogP contribution in [0.3, 0.4) is 0 Å². The van der Waals surface area contributed by atoms with Crippen LogP contribution in [-0.2, 0) is 13.1 Å². The molecule has 0 N–H and O–H groups in total. The Kier molecular flexibility index (Phi) is 4.38. The van der Waals surface area contributed by atoms with Crippen molar-refractivity contribution in [3.05, 3.63) is 92.6 Å². The second-order valence-corrected chi connectivity index (χ2v) is 7.98. The normalized spacial score (nSPS) is 13.8. The Labute approximate surface area is 171 Å². The van der Waals surface area contributed by atoms with Crippen molar-refractivity contribution in [2.75, 3.05) is 0 Å². The maximum absolute atomic E-state index is 13.5. The van der Waals surface area contributed by atoms with E-state index in [1.54, 1.807) is 10.9 Å². The van der Waals surface area contributed by atoms with Crippen LogP contribution < -0.4 is 11.2 Å². The van der Waals surface area contributed by atoms with Gasteiger partial charge in [-0.25, -0.2) is 18.7 Å². The first-order chi connectivity index (χ1) is 14.5. The summed E-state index contributed by atoms with van der Waals surface area (Å²) in [5.74, 6) is -0.0396. The molecule has 1 aliphatic rings. The van der Waals surface area contributed by atoms with Gasteiger partial charge in [-0.2, -0.15) is 0 Å². The van der Waals surface area contributed by atoms with E-state index in [1.807, 2.05) is 31.2 Å². The van der Waals surface area contributed by atoms with Crippen molar-refractivity contribution in [2.24, 2.45) is 5.92 Å². The van der Waals surface area contributed by atoms with Crippen molar-refractivity contribution in [3.63, 3.8) is 0 Å². The first-order valence-corrected chi connectivity index (χ1v) is 10.0. The smallest absolute Gasteiger partial charge is 0.320 e. The van der Waals surface area contributed by atoms with Crippen LogP contribution in [0.4, 0.5) is 4.39 Å². The molecule has 5 rings (SSSR count). The van der Waals surface area contributed by atoms with Gasteiger partial charge in [0.2, 0.25) is 0 Å². The third-order valence-corrected chi connectivity index (χ3v) is 5.60. The van der Waals surface area contributed by atoms with Gasteiger partial charge in [0.25, 0.3) is 5.56 Å². The van der Waals surface area contributed by atoms with Crippen molar-refractivity contribution in [1.82, 2.24) is 18.7 Å². The molecule has 30 heavy (non-hydrogen) atoms. The zero-order valence-corrected chi connectivity index (χ0v) is 16.6. The lowest BCUT2D eigenvalue weighted by Crippen LogP contribution is -2.40. The summed E-state index contributed by atoms with van der Waals surface area (Å²) in [6, 6.07) is 13.7. The zero-order chi connectivity index (χ0) is 20.8. The number of nitrogens with zero attached hydrogens (tertiary/aromatic N) is 4. The number of aryl methyl sites for hydroxylation is 1. The Morgan fingerprint density at radius 1 is 1.03 bits per heavy atom. The number of halogens is 1. The van der Waals surface area contributed by atoms with Crippen LogP contribution in [0.25, 0.3) is 16.9 Å². The third kappa shape index (κ3) is 3.26. The van der Waals surface area contributed by atoms with Gasteiger partial charge in [-0.15, -0.1) is 0 Å². The van der Waals surface area contributed by atoms with Gasteiger partial charge in [0, 0.05) is 13.1 Å². The molecule has 152 valence electrons. The average Bonchev–Trinajstić information content (AvgIpc) is 3.47. The quantitative estimate of drug-likeness (QED) is 0.513. The lowest BCUT2D eigenvalue weighted by Gasteiger charge is -2.12. The number of fused-ring (bicyclic) bond motifs is 1. The van der Waals surface area contributed by atoms with Gasteiger partial charge in [0.15, 0.2) is 11.2 Å². The summed E-state index contributed by atoms with van der Waals surface area (Å²) in [6.07, 6.45) is 3.62. The Hall–Kier alpha value is -3.48. The predicted molar refractivity (Wildman–Crippen MR) is 113 cm³/mol. The second-order valence-electron chi connectivity index (χ2n) is 7.98. The van der Waals surface area contributed by atoms with Gasteiger partial charge in [0.05, 0.1) is 12.0 Å². The highest BCUT2D eigenvalue weighted by Crippen LogP contribution is 2.30. The van der Waals surface area contributed by atoms with Gasteiger partial charge in [0.1, 0.15) is 5.82 Å². The Balaban J connectivity index is 1.73. The molecule has 0 spiro atoms. The maximum Gasteiger partial charge on any atom is 0.337 e. The SMILES string of the molecule is Cc1ccc(Cn2cnc3c2c(=O)n(CC2CC2)c(=O)n3-c2ccc(F)cc2)cc1. The van der Waals surface area contributed by atoms with Crippen LogP contribution >= 0.6 is 0 Å². The van der Waals surface area contributed by atoms with Crippen molar-refractivity contribution in [1.29, 1.82) is 0 Å². The average molecular weight is 404 g/mol. The van der Waals surface area contributed by atoms with E-state index in [0.717, 1.165) is 24.0 Å². The number of aromatic nitrogens is 4. The van der Waals surface area contributed by atoms with Crippen LogP contribution in [0, 0.1) is 18.7 Å². The summed E-state index contributed by atoms with van der Waals surface area (Å²) in [4.78, 5) is 31.0. The van der Waals surface area contributed by atoms with E-state index >= 15 is 0 Å². The molecule has 2 aromatic heterocycles. The summed E-state index contributed by atoms with van der Waals surface area (Å²) in [5, 5.41) is 0. The first-order valence-electron chi connectivity index (χ1n) is 10.0. The van der Waals surface area contributed by atoms with Crippen LogP contribution in [-0.4, -0.2) is 18.7 Å². The molecular formula is C23H21FN4O2. The fraction of sp³-hybridized carbons (Fsp3) is 0.261. The van der Waals surface area contributed by atoms with E-state index in [1.165, 1.54) is 33.4 Å². The molecule has 0 bridgehead atoms. The molecule has 0 atom stereocenters. The van der Waals surface area contributed by atoms with Crippen molar-refractivity contribution in [3.8, 4) is 5.69 Å². The monoisotopic (exact) mass is 404 g/mol. The van der Waals surface area contributed by atoms with Gasteiger partial charge in [-0.3, -0.25) is 9.36 Å². The standard InChI is InChI=1S/C23H21FN4O2/c1-15-2-4-16(5-3-15)12-26-14-25-21-20(26)22(29)27(13-17-6-7-17)23(30)28(21)19-10-8-18(24)9-11-19/h2-5,8-11,14,17H,6-7,12-13H2,1H3. The van der Waals surface area contributed by atoms with E-state index in [9.17, 15) is 14.0 Å². The third-order valence-electron chi connectivity index (χ3n) is 5.60. The highest BCUT2D eigenvalue weighted by molar-refractivity contribution is 5.72. The minimum absolute atomic E-state index is 0.288. The van der Waals surface area contributed by atoms with E-state index < -0.39 is 5.69 Å². The molecule has 0 saturated heterocycles. The fourth-order valence-electron chi connectivity index (χ4n) is 3.73. The number of benzene rings is 2. The van der Waals surface area contributed by atoms with Crippen molar-refractivity contribution < 1.29 is 4.39 Å². The van der Waals surface area contributed by atoms with Gasteiger partial charge in [-0.05, 0) is 55.5 Å². The molecule has 1 aliphatic carbocycles.